The fourth-order valence-corrected chi connectivity index (χ4v) is 3.90. The zero-order valence-corrected chi connectivity index (χ0v) is 11.0. The summed E-state index contributed by atoms with van der Waals surface area (Å²) in [6.45, 7) is 0. The van der Waals surface area contributed by atoms with Gasteiger partial charge in [0.15, 0.2) is 0 Å². The maximum absolute atomic E-state index is 12.2. The summed E-state index contributed by atoms with van der Waals surface area (Å²) in [6.07, 6.45) is 3.94. The van der Waals surface area contributed by atoms with Crippen molar-refractivity contribution in [1.82, 2.24) is 3.56 Å². The SMILES string of the molecule is C[n+]1cccc(-n2[se]c3ccccc3c2=O)c1. The first-order chi connectivity index (χ1) is 8.25. The van der Waals surface area contributed by atoms with Crippen LogP contribution in [0.3, 0.4) is 0 Å². The second-order valence-corrected chi connectivity index (χ2v) is 5.99. The van der Waals surface area contributed by atoms with Crippen LogP contribution < -0.4 is 10.1 Å². The minimum atomic E-state index is 0.0576. The third-order valence-electron chi connectivity index (χ3n) is 2.65. The van der Waals surface area contributed by atoms with Gasteiger partial charge < -0.3 is 0 Å². The molecule has 0 spiro atoms. The number of rotatable bonds is 1. The number of benzene rings is 1. The van der Waals surface area contributed by atoms with Crippen LogP contribution in [0.5, 0.6) is 0 Å². The van der Waals surface area contributed by atoms with E-state index in [2.05, 4.69) is 0 Å². The summed E-state index contributed by atoms with van der Waals surface area (Å²) in [6, 6.07) is 11.8. The van der Waals surface area contributed by atoms with Crippen molar-refractivity contribution < 1.29 is 4.57 Å². The van der Waals surface area contributed by atoms with Gasteiger partial charge in [-0.3, -0.25) is 0 Å². The number of pyridine rings is 1. The predicted molar refractivity (Wildman–Crippen MR) is 67.7 cm³/mol. The number of aryl methyl sites for hydroxylation is 1. The van der Waals surface area contributed by atoms with Crippen molar-refractivity contribution >= 4 is 24.4 Å². The van der Waals surface area contributed by atoms with Crippen LogP contribution in [0.25, 0.3) is 15.3 Å². The Morgan fingerprint density at radius 1 is 1.18 bits per heavy atom. The van der Waals surface area contributed by atoms with Gasteiger partial charge in [-0.2, -0.15) is 0 Å². The van der Waals surface area contributed by atoms with Gasteiger partial charge in [0.25, 0.3) is 0 Å². The third kappa shape index (κ3) is 1.75. The molecule has 0 saturated carbocycles. The van der Waals surface area contributed by atoms with Crippen LogP contribution in [0, 0.1) is 0 Å². The van der Waals surface area contributed by atoms with Gasteiger partial charge in [0.05, 0.1) is 0 Å². The molecule has 0 N–H and O–H groups in total. The molecule has 0 fully saturated rings. The van der Waals surface area contributed by atoms with Crippen LogP contribution in [0.2, 0.25) is 0 Å². The average Bonchev–Trinajstić information content (AvgIpc) is 2.68. The van der Waals surface area contributed by atoms with Crippen molar-refractivity contribution in [1.29, 1.82) is 0 Å². The van der Waals surface area contributed by atoms with E-state index in [0.29, 0.717) is 0 Å². The van der Waals surface area contributed by atoms with E-state index >= 15 is 0 Å². The summed E-state index contributed by atoms with van der Waals surface area (Å²) in [5, 5.41) is 0.846. The van der Waals surface area contributed by atoms with E-state index < -0.39 is 0 Å². The van der Waals surface area contributed by atoms with Crippen LogP contribution in [0.4, 0.5) is 0 Å². The number of aromatic nitrogens is 2. The molecule has 0 aliphatic carbocycles. The first-order valence-corrected chi connectivity index (χ1v) is 6.95. The van der Waals surface area contributed by atoms with Crippen LogP contribution in [0.15, 0.2) is 53.6 Å². The summed E-state index contributed by atoms with van der Waals surface area (Å²) < 4.78 is 5.00. The summed E-state index contributed by atoms with van der Waals surface area (Å²) in [5.74, 6) is 0. The molecule has 2 aromatic heterocycles. The van der Waals surface area contributed by atoms with Crippen LogP contribution in [0.1, 0.15) is 0 Å². The van der Waals surface area contributed by atoms with E-state index in [1.165, 1.54) is 0 Å². The molecule has 0 bridgehead atoms. The first-order valence-electron chi connectivity index (χ1n) is 5.32. The van der Waals surface area contributed by atoms with Gasteiger partial charge in [0, 0.05) is 0 Å². The Kier molecular flexibility index (Phi) is 2.46. The van der Waals surface area contributed by atoms with Crippen molar-refractivity contribution in [2.45, 2.75) is 0 Å². The summed E-state index contributed by atoms with van der Waals surface area (Å²) >= 11 is 0.0576. The molecular weight excluding hydrogens is 279 g/mol. The normalized spacial score (nSPS) is 10.9. The van der Waals surface area contributed by atoms with Gasteiger partial charge in [-0.25, -0.2) is 0 Å². The molecule has 4 heteroatoms. The molecule has 0 aliphatic rings. The zero-order chi connectivity index (χ0) is 11.8. The molecule has 0 saturated heterocycles. The summed E-state index contributed by atoms with van der Waals surface area (Å²) in [7, 11) is 1.96. The molecule has 2 heterocycles. The molecule has 84 valence electrons. The molecule has 0 atom stereocenters. The molecule has 3 rings (SSSR count). The van der Waals surface area contributed by atoms with Crippen LogP contribution in [-0.4, -0.2) is 18.3 Å². The van der Waals surface area contributed by atoms with Crippen LogP contribution in [-0.2, 0) is 7.05 Å². The monoisotopic (exact) mass is 291 g/mol. The topological polar surface area (TPSA) is 25.9 Å². The van der Waals surface area contributed by atoms with E-state index in [1.54, 1.807) is 0 Å². The summed E-state index contributed by atoms with van der Waals surface area (Å²) in [5.41, 5.74) is 1.09. The quantitative estimate of drug-likeness (QED) is 0.482. The van der Waals surface area contributed by atoms with Crippen LogP contribution >= 0.6 is 0 Å². The number of nitrogens with zero attached hydrogens (tertiary/aromatic N) is 2. The molecule has 0 aliphatic heterocycles. The van der Waals surface area contributed by atoms with E-state index in [-0.39, 0.29) is 20.3 Å². The van der Waals surface area contributed by atoms with E-state index in [9.17, 15) is 4.79 Å². The second kappa shape index (κ2) is 3.99. The van der Waals surface area contributed by atoms with Crippen molar-refractivity contribution in [2.24, 2.45) is 7.05 Å². The second-order valence-electron chi connectivity index (χ2n) is 3.91. The molecule has 0 unspecified atom stereocenters. The van der Waals surface area contributed by atoms with Gasteiger partial charge in [0.2, 0.25) is 0 Å². The van der Waals surface area contributed by atoms with Gasteiger partial charge in [-0.15, -0.1) is 0 Å². The third-order valence-corrected chi connectivity index (χ3v) is 4.98. The zero-order valence-electron chi connectivity index (χ0n) is 9.33. The summed E-state index contributed by atoms with van der Waals surface area (Å²) in [4.78, 5) is 12.2. The van der Waals surface area contributed by atoms with Gasteiger partial charge in [-0.05, 0) is 0 Å². The fourth-order valence-electron chi connectivity index (χ4n) is 1.83. The molecule has 0 amide bonds. The van der Waals surface area contributed by atoms with Gasteiger partial charge in [-0.1, -0.05) is 0 Å². The van der Waals surface area contributed by atoms with Crippen molar-refractivity contribution in [3.05, 3.63) is 59.1 Å². The average molecular weight is 290 g/mol. The number of hydrogen-bond acceptors (Lipinski definition) is 1. The molecule has 1 aromatic carbocycles. The molecular formula is C13H11N2OSe+. The van der Waals surface area contributed by atoms with Crippen molar-refractivity contribution in [3.63, 3.8) is 0 Å². The number of hydrogen-bond donors (Lipinski definition) is 0. The standard InChI is InChI=1S/C13H11N2OSe/c1-14-8-4-5-10(9-14)15-13(16)11-6-2-3-7-12(11)17-15/h2-9H,1H3/q+1. The van der Waals surface area contributed by atoms with E-state index in [0.717, 1.165) is 15.3 Å². The van der Waals surface area contributed by atoms with E-state index in [4.69, 9.17) is 0 Å². The Balaban J connectivity index is 2.31. The minimum absolute atomic E-state index is 0.0576. The Hall–Kier alpha value is -1.64. The number of fused-ring (bicyclic) bond motifs is 1. The predicted octanol–water partition coefficient (Wildman–Crippen LogP) is 0.872. The molecule has 3 nitrogen and oxygen atoms in total. The Morgan fingerprint density at radius 3 is 2.76 bits per heavy atom. The molecule has 3 aromatic rings. The Bertz CT molecular complexity index is 742. The van der Waals surface area contributed by atoms with Gasteiger partial charge in [0.1, 0.15) is 0 Å². The molecule has 0 radical (unpaired) electrons. The van der Waals surface area contributed by atoms with E-state index in [1.807, 2.05) is 64.0 Å². The first kappa shape index (κ1) is 10.5. The molecule has 17 heavy (non-hydrogen) atoms. The van der Waals surface area contributed by atoms with Crippen molar-refractivity contribution in [3.8, 4) is 5.69 Å². The fraction of sp³-hybridized carbons (Fsp3) is 0.0769. The Morgan fingerprint density at radius 2 is 2.00 bits per heavy atom. The van der Waals surface area contributed by atoms with Crippen molar-refractivity contribution in [2.75, 3.05) is 0 Å². The Labute approximate surface area is 105 Å². The maximum atomic E-state index is 12.2. The van der Waals surface area contributed by atoms with Gasteiger partial charge >= 0.3 is 104 Å².